The Morgan fingerprint density at radius 1 is 0.878 bits per heavy atom. The quantitative estimate of drug-likeness (QED) is 0.267. The van der Waals surface area contributed by atoms with Gasteiger partial charge in [0.2, 0.25) is 11.8 Å². The molecule has 2 aromatic heterocycles. The molecule has 0 unspecified atom stereocenters. The maximum Gasteiger partial charge on any atom is 0.262 e. The van der Waals surface area contributed by atoms with Crippen LogP contribution in [0.5, 0.6) is 23.3 Å². The van der Waals surface area contributed by atoms with Crippen LogP contribution in [0.3, 0.4) is 0 Å². The van der Waals surface area contributed by atoms with Gasteiger partial charge in [0.15, 0.2) is 21.0 Å². The van der Waals surface area contributed by atoms with Crippen molar-refractivity contribution in [3.63, 3.8) is 0 Å². The van der Waals surface area contributed by atoms with Crippen molar-refractivity contribution in [3.8, 4) is 23.3 Å². The molecule has 4 aromatic rings. The van der Waals surface area contributed by atoms with Gasteiger partial charge in [-0.2, -0.15) is 0 Å². The molecule has 0 amide bonds. The number of methoxy groups -OCH3 is 1. The van der Waals surface area contributed by atoms with Crippen LogP contribution >= 0.6 is 52.0 Å². The lowest BCUT2D eigenvalue weighted by Crippen LogP contribution is -2.33. The minimum absolute atomic E-state index is 0.0586. The van der Waals surface area contributed by atoms with Gasteiger partial charge in [0.1, 0.15) is 6.61 Å². The summed E-state index contributed by atoms with van der Waals surface area (Å²) in [5.74, 6) is -1.57. The lowest BCUT2D eigenvalue weighted by molar-refractivity contribution is 0.282. The van der Waals surface area contributed by atoms with Crippen LogP contribution in [0.2, 0.25) is 5.02 Å². The number of benzene rings is 2. The molecule has 10 nitrogen and oxygen atoms in total. The van der Waals surface area contributed by atoms with Gasteiger partial charge in [-0.1, -0.05) is 23.7 Å². The SMILES string of the molecule is COc1cc(C(c2c(O)n(C)c(=S)n(C)c2=O)c2c(O)n(C)c(=S)n(C)c2=O)cc(Br)c1OCc1ccc(Cl)cc1. The van der Waals surface area contributed by atoms with Crippen molar-refractivity contribution in [2.45, 2.75) is 12.5 Å². The molecule has 0 aliphatic heterocycles. The van der Waals surface area contributed by atoms with Gasteiger partial charge in [0, 0.05) is 33.2 Å². The van der Waals surface area contributed by atoms with Crippen molar-refractivity contribution >= 4 is 52.0 Å². The summed E-state index contributed by atoms with van der Waals surface area (Å²) < 4.78 is 17.1. The molecule has 2 aromatic carbocycles. The van der Waals surface area contributed by atoms with Crippen molar-refractivity contribution in [2.24, 2.45) is 28.2 Å². The lowest BCUT2D eigenvalue weighted by atomic mass is 9.86. The maximum absolute atomic E-state index is 13.6. The summed E-state index contributed by atoms with van der Waals surface area (Å²) in [6, 6.07) is 10.4. The number of hydrogen-bond donors (Lipinski definition) is 2. The van der Waals surface area contributed by atoms with E-state index in [0.717, 1.165) is 5.56 Å². The van der Waals surface area contributed by atoms with Crippen LogP contribution in [0, 0.1) is 9.54 Å². The molecule has 4 rings (SSSR count). The highest BCUT2D eigenvalue weighted by molar-refractivity contribution is 9.10. The largest absolute Gasteiger partial charge is 0.494 e. The third kappa shape index (κ3) is 5.46. The number of aromatic nitrogens is 4. The summed E-state index contributed by atoms with van der Waals surface area (Å²) in [7, 11) is 7.34. The standard InChI is InChI=1S/C27H26BrClN4O6S2/c1-30-22(34)19(23(35)31(2)26(30)40)18(20-24(36)32(3)27(41)33(4)25(20)37)14-10-16(28)21(17(11-14)38-5)39-12-13-6-8-15(29)9-7-13/h6-11,18,34,36H,12H2,1-5H3. The first-order chi connectivity index (χ1) is 19.3. The predicted molar refractivity (Wildman–Crippen MR) is 164 cm³/mol. The number of nitrogens with zero attached hydrogens (tertiary/aromatic N) is 4. The topological polar surface area (TPSA) is 113 Å². The molecular formula is C27H26BrClN4O6S2. The average molecular weight is 682 g/mol. The smallest absolute Gasteiger partial charge is 0.262 e. The van der Waals surface area contributed by atoms with Gasteiger partial charge < -0.3 is 19.7 Å². The normalized spacial score (nSPS) is 11.2. The molecule has 0 spiro atoms. The van der Waals surface area contributed by atoms with Gasteiger partial charge in [-0.25, -0.2) is 0 Å². The highest BCUT2D eigenvalue weighted by Crippen LogP contribution is 2.44. The fraction of sp³-hybridized carbons (Fsp3) is 0.259. The second-order valence-electron chi connectivity index (χ2n) is 9.27. The molecule has 41 heavy (non-hydrogen) atoms. The van der Waals surface area contributed by atoms with Crippen LogP contribution in [0.15, 0.2) is 50.5 Å². The average Bonchev–Trinajstić information content (AvgIpc) is 2.96. The predicted octanol–water partition coefficient (Wildman–Crippen LogP) is 4.81. The number of rotatable bonds is 7. The fourth-order valence-corrected chi connectivity index (χ4v) is 5.52. The van der Waals surface area contributed by atoms with Gasteiger partial charge >= 0.3 is 0 Å². The molecule has 2 N–H and O–H groups in total. The molecule has 0 bridgehead atoms. The molecule has 0 aliphatic carbocycles. The first-order valence-corrected chi connectivity index (χ1v) is 14.0. The molecule has 0 fully saturated rings. The van der Waals surface area contributed by atoms with E-state index in [1.54, 1.807) is 24.3 Å². The molecule has 0 saturated heterocycles. The van der Waals surface area contributed by atoms with E-state index in [4.69, 9.17) is 45.5 Å². The Kier molecular flexibility index (Phi) is 8.83. The zero-order chi connectivity index (χ0) is 30.3. The number of ether oxygens (including phenoxy) is 2. The molecule has 0 radical (unpaired) electrons. The first kappa shape index (κ1) is 30.6. The Hall–Kier alpha value is -3.39. The van der Waals surface area contributed by atoms with Crippen molar-refractivity contribution in [1.29, 1.82) is 0 Å². The van der Waals surface area contributed by atoms with Crippen LogP contribution in [0.25, 0.3) is 0 Å². The van der Waals surface area contributed by atoms with E-state index in [0.29, 0.717) is 20.8 Å². The van der Waals surface area contributed by atoms with E-state index in [9.17, 15) is 19.8 Å². The van der Waals surface area contributed by atoms with E-state index < -0.39 is 28.8 Å². The molecular weight excluding hydrogens is 656 g/mol. The molecule has 0 aliphatic rings. The summed E-state index contributed by atoms with van der Waals surface area (Å²) in [6.45, 7) is 0.198. The minimum atomic E-state index is -1.27. The number of aromatic hydroxyl groups is 2. The Morgan fingerprint density at radius 2 is 1.37 bits per heavy atom. The molecule has 0 saturated carbocycles. The first-order valence-electron chi connectivity index (χ1n) is 12.0. The van der Waals surface area contributed by atoms with E-state index >= 15 is 0 Å². The molecule has 2 heterocycles. The van der Waals surface area contributed by atoms with Crippen molar-refractivity contribution in [3.05, 3.63) is 98.4 Å². The third-order valence-corrected chi connectivity index (χ3v) is 8.73. The Bertz CT molecular complexity index is 1830. The van der Waals surface area contributed by atoms with Crippen LogP contribution in [-0.2, 0) is 34.8 Å². The summed E-state index contributed by atoms with van der Waals surface area (Å²) in [6.07, 6.45) is 0. The Balaban J connectivity index is 2.02. The molecule has 14 heteroatoms. The van der Waals surface area contributed by atoms with Gasteiger partial charge in [-0.05, 0) is 75.8 Å². The highest BCUT2D eigenvalue weighted by Gasteiger charge is 2.33. The van der Waals surface area contributed by atoms with Crippen LogP contribution < -0.4 is 20.6 Å². The molecule has 0 atom stereocenters. The van der Waals surface area contributed by atoms with Gasteiger partial charge in [0.25, 0.3) is 11.1 Å². The van der Waals surface area contributed by atoms with Crippen molar-refractivity contribution in [1.82, 2.24) is 18.3 Å². The van der Waals surface area contributed by atoms with E-state index in [-0.39, 0.29) is 33.0 Å². The van der Waals surface area contributed by atoms with Crippen LogP contribution in [-0.4, -0.2) is 35.6 Å². The lowest BCUT2D eigenvalue weighted by Gasteiger charge is -2.24. The maximum atomic E-state index is 13.6. The monoisotopic (exact) mass is 680 g/mol. The number of halogens is 2. The third-order valence-electron chi connectivity index (χ3n) is 6.79. The Labute approximate surface area is 258 Å². The number of hydrogen-bond acceptors (Lipinski definition) is 8. The molecule has 216 valence electrons. The summed E-state index contributed by atoms with van der Waals surface area (Å²) in [5, 5.41) is 23.0. The van der Waals surface area contributed by atoms with Gasteiger partial charge in [-0.3, -0.25) is 27.9 Å². The van der Waals surface area contributed by atoms with Gasteiger partial charge in [-0.15, -0.1) is 0 Å². The minimum Gasteiger partial charge on any atom is -0.494 e. The summed E-state index contributed by atoms with van der Waals surface area (Å²) in [5.41, 5.74) is -0.476. The fourth-order valence-electron chi connectivity index (χ4n) is 4.48. The van der Waals surface area contributed by atoms with Crippen molar-refractivity contribution < 1.29 is 19.7 Å². The van der Waals surface area contributed by atoms with E-state index in [2.05, 4.69) is 15.9 Å². The highest BCUT2D eigenvalue weighted by atomic mass is 79.9. The van der Waals surface area contributed by atoms with Crippen molar-refractivity contribution in [2.75, 3.05) is 7.11 Å². The van der Waals surface area contributed by atoms with Gasteiger partial charge in [0.05, 0.1) is 28.6 Å². The van der Waals surface area contributed by atoms with E-state index in [1.165, 1.54) is 53.6 Å². The van der Waals surface area contributed by atoms with Crippen LogP contribution in [0.4, 0.5) is 0 Å². The van der Waals surface area contributed by atoms with Crippen LogP contribution in [0.1, 0.15) is 28.2 Å². The zero-order valence-corrected chi connectivity index (χ0v) is 26.6. The summed E-state index contributed by atoms with van der Waals surface area (Å²) >= 11 is 20.1. The van der Waals surface area contributed by atoms with E-state index in [1.807, 2.05) is 12.1 Å². The zero-order valence-electron chi connectivity index (χ0n) is 22.6. The Morgan fingerprint density at radius 3 is 1.83 bits per heavy atom. The second kappa shape index (κ2) is 11.8. The summed E-state index contributed by atoms with van der Waals surface area (Å²) in [4.78, 5) is 27.3. The second-order valence-corrected chi connectivity index (χ2v) is 11.3.